The molecule has 20 heavy (non-hydrogen) atoms. The van der Waals surface area contributed by atoms with E-state index in [1.807, 2.05) is 0 Å². The third kappa shape index (κ3) is 8.70. The van der Waals surface area contributed by atoms with Crippen molar-refractivity contribution < 1.29 is 9.90 Å². The van der Waals surface area contributed by atoms with Crippen LogP contribution in [-0.4, -0.2) is 42.0 Å². The van der Waals surface area contributed by atoms with Crippen molar-refractivity contribution in [3.05, 3.63) is 0 Å². The molecule has 1 rings (SSSR count). The van der Waals surface area contributed by atoms with E-state index < -0.39 is 6.10 Å². The van der Waals surface area contributed by atoms with Crippen molar-refractivity contribution in [2.75, 3.05) is 20.1 Å². The Morgan fingerprint density at radius 1 is 0.850 bits per heavy atom. The highest BCUT2D eigenvalue weighted by molar-refractivity contribution is 5.82. The molecule has 0 aromatic heterocycles. The predicted molar refractivity (Wildman–Crippen MR) is 83.9 cm³/mol. The number of carbonyl (C=O) groups excluding carboxylic acids is 1. The molecule has 0 aliphatic carbocycles. The summed E-state index contributed by atoms with van der Waals surface area (Å²) in [5.74, 6) is 0.0639. The zero-order valence-electron chi connectivity index (χ0n) is 13.3. The number of nitrogens with zero attached hydrogens (tertiary/aromatic N) is 1. The lowest BCUT2D eigenvalue weighted by Crippen LogP contribution is -2.20. The van der Waals surface area contributed by atoms with E-state index in [0.717, 1.165) is 25.7 Å². The minimum absolute atomic E-state index is 0.0639. The van der Waals surface area contributed by atoms with Gasteiger partial charge in [-0.3, -0.25) is 4.79 Å². The van der Waals surface area contributed by atoms with E-state index in [9.17, 15) is 9.90 Å². The first-order valence-corrected chi connectivity index (χ1v) is 8.59. The number of aliphatic hydroxyl groups is 1. The molecule has 0 aromatic carbocycles. The third-order valence-electron chi connectivity index (χ3n) is 4.35. The second-order valence-electron chi connectivity index (χ2n) is 6.36. The topological polar surface area (TPSA) is 40.5 Å². The van der Waals surface area contributed by atoms with Crippen molar-refractivity contribution in [3.63, 3.8) is 0 Å². The van der Waals surface area contributed by atoms with Gasteiger partial charge in [-0.2, -0.15) is 0 Å². The van der Waals surface area contributed by atoms with Crippen molar-refractivity contribution in [2.24, 2.45) is 0 Å². The van der Waals surface area contributed by atoms with Crippen molar-refractivity contribution in [3.8, 4) is 0 Å². The van der Waals surface area contributed by atoms with Crippen LogP contribution in [0.1, 0.15) is 77.0 Å². The molecule has 3 heteroatoms. The molecule has 0 radical (unpaired) electrons. The number of ketones is 1. The first-order chi connectivity index (χ1) is 9.70. The zero-order valence-corrected chi connectivity index (χ0v) is 13.3. The van der Waals surface area contributed by atoms with E-state index in [4.69, 9.17) is 0 Å². The fraction of sp³-hybridized carbons (Fsp3) is 0.941. The van der Waals surface area contributed by atoms with Gasteiger partial charge in [0, 0.05) is 6.42 Å². The molecular formula is C17H33NO2. The van der Waals surface area contributed by atoms with Crippen LogP contribution in [0.4, 0.5) is 0 Å². The molecule has 0 saturated carbocycles. The van der Waals surface area contributed by atoms with E-state index in [1.54, 1.807) is 0 Å². The molecule has 1 N–H and O–H groups in total. The summed E-state index contributed by atoms with van der Waals surface area (Å²) in [6.07, 6.45) is 12.3. The number of aliphatic hydroxyl groups excluding tert-OH is 1. The summed E-state index contributed by atoms with van der Waals surface area (Å²) in [5.41, 5.74) is 0. The van der Waals surface area contributed by atoms with Crippen molar-refractivity contribution >= 4 is 5.78 Å². The van der Waals surface area contributed by atoms with E-state index in [2.05, 4.69) is 11.9 Å². The van der Waals surface area contributed by atoms with Gasteiger partial charge in [0.2, 0.25) is 0 Å². The molecule has 1 saturated heterocycles. The molecule has 118 valence electrons. The monoisotopic (exact) mass is 283 g/mol. The van der Waals surface area contributed by atoms with Gasteiger partial charge < -0.3 is 10.0 Å². The maximum Gasteiger partial charge on any atom is 0.161 e. The Bertz CT molecular complexity index is 255. The summed E-state index contributed by atoms with van der Waals surface area (Å²) in [6.45, 7) is 2.42. The number of Topliss-reactive ketones (excluding diaryl/α,β-unsaturated/α-hetero) is 1. The lowest BCUT2D eigenvalue weighted by atomic mass is 10.0. The smallest absolute Gasteiger partial charge is 0.161 e. The molecule has 3 nitrogen and oxygen atoms in total. The summed E-state index contributed by atoms with van der Waals surface area (Å²) in [6, 6.07) is 0. The molecule has 1 atom stereocenters. The predicted octanol–water partition coefficient (Wildman–Crippen LogP) is 3.54. The second kappa shape index (κ2) is 11.3. The molecular weight excluding hydrogens is 250 g/mol. The highest BCUT2D eigenvalue weighted by Crippen LogP contribution is 2.13. The molecule has 1 aliphatic heterocycles. The summed E-state index contributed by atoms with van der Waals surface area (Å²) in [4.78, 5) is 14.2. The molecule has 1 unspecified atom stereocenters. The molecule has 0 aromatic rings. The maximum atomic E-state index is 11.7. The fourth-order valence-corrected chi connectivity index (χ4v) is 2.90. The molecule has 1 aliphatic rings. The Hall–Kier alpha value is -0.410. The molecule has 0 amide bonds. The van der Waals surface area contributed by atoms with Crippen molar-refractivity contribution in [1.29, 1.82) is 0 Å². The quantitative estimate of drug-likeness (QED) is 0.739. The lowest BCUT2D eigenvalue weighted by Gasteiger charge is -2.16. The van der Waals surface area contributed by atoms with Crippen LogP contribution >= 0.6 is 0 Å². The van der Waals surface area contributed by atoms with Crippen LogP contribution in [0.5, 0.6) is 0 Å². The standard InChI is InChI=1S/C17H33NO2/c1-18-14-10-6-2-4-8-12-16(19)17(20)13-9-5-3-7-11-15-18/h16,19H,2-15H2,1H3. The lowest BCUT2D eigenvalue weighted by molar-refractivity contribution is -0.127. The zero-order chi connectivity index (χ0) is 14.6. The Kier molecular flexibility index (Phi) is 9.94. The van der Waals surface area contributed by atoms with Crippen LogP contribution in [0.3, 0.4) is 0 Å². The van der Waals surface area contributed by atoms with Crippen molar-refractivity contribution in [1.82, 2.24) is 4.90 Å². The number of hydrogen-bond donors (Lipinski definition) is 1. The average Bonchev–Trinajstić information content (AvgIpc) is 2.44. The van der Waals surface area contributed by atoms with Crippen LogP contribution in [-0.2, 0) is 4.79 Å². The van der Waals surface area contributed by atoms with E-state index in [1.165, 1.54) is 51.6 Å². The summed E-state index contributed by atoms with van der Waals surface area (Å²) in [5, 5.41) is 9.81. The number of rotatable bonds is 0. The highest BCUT2D eigenvalue weighted by atomic mass is 16.3. The first-order valence-electron chi connectivity index (χ1n) is 8.59. The Morgan fingerprint density at radius 2 is 1.35 bits per heavy atom. The Labute approximate surface area is 124 Å². The number of hydrogen-bond acceptors (Lipinski definition) is 3. The summed E-state index contributed by atoms with van der Waals surface area (Å²) < 4.78 is 0. The average molecular weight is 283 g/mol. The summed E-state index contributed by atoms with van der Waals surface area (Å²) in [7, 11) is 2.23. The SMILES string of the molecule is CN1CCCCCCCC(=O)C(O)CCCCCCC1. The Balaban J connectivity index is 2.27. The Morgan fingerprint density at radius 3 is 2.00 bits per heavy atom. The van der Waals surface area contributed by atoms with Gasteiger partial charge in [0.25, 0.3) is 0 Å². The normalized spacial score (nSPS) is 27.1. The maximum absolute atomic E-state index is 11.7. The van der Waals surface area contributed by atoms with E-state index in [-0.39, 0.29) is 5.78 Å². The van der Waals surface area contributed by atoms with Crippen LogP contribution in [0.15, 0.2) is 0 Å². The van der Waals surface area contributed by atoms with Gasteiger partial charge in [-0.05, 0) is 45.8 Å². The minimum Gasteiger partial charge on any atom is -0.385 e. The van der Waals surface area contributed by atoms with Gasteiger partial charge in [0.1, 0.15) is 6.10 Å². The van der Waals surface area contributed by atoms with Crippen LogP contribution < -0.4 is 0 Å². The van der Waals surface area contributed by atoms with Crippen LogP contribution in [0, 0.1) is 0 Å². The molecule has 0 bridgehead atoms. The van der Waals surface area contributed by atoms with E-state index >= 15 is 0 Å². The molecule has 0 spiro atoms. The second-order valence-corrected chi connectivity index (χ2v) is 6.36. The van der Waals surface area contributed by atoms with Crippen LogP contribution in [0.2, 0.25) is 0 Å². The van der Waals surface area contributed by atoms with E-state index in [0.29, 0.717) is 12.8 Å². The van der Waals surface area contributed by atoms with Gasteiger partial charge in [-0.1, -0.05) is 44.9 Å². The summed E-state index contributed by atoms with van der Waals surface area (Å²) >= 11 is 0. The fourth-order valence-electron chi connectivity index (χ4n) is 2.90. The van der Waals surface area contributed by atoms with Gasteiger partial charge in [-0.15, -0.1) is 0 Å². The van der Waals surface area contributed by atoms with Gasteiger partial charge >= 0.3 is 0 Å². The minimum atomic E-state index is -0.697. The van der Waals surface area contributed by atoms with Gasteiger partial charge in [0.15, 0.2) is 5.78 Å². The van der Waals surface area contributed by atoms with Gasteiger partial charge in [-0.25, -0.2) is 0 Å². The highest BCUT2D eigenvalue weighted by Gasteiger charge is 2.13. The number of carbonyl (C=O) groups is 1. The molecule has 1 fully saturated rings. The van der Waals surface area contributed by atoms with Crippen LogP contribution in [0.25, 0.3) is 0 Å². The van der Waals surface area contributed by atoms with Gasteiger partial charge in [0.05, 0.1) is 0 Å². The van der Waals surface area contributed by atoms with Crippen molar-refractivity contribution in [2.45, 2.75) is 83.2 Å². The molecule has 1 heterocycles. The third-order valence-corrected chi connectivity index (χ3v) is 4.35. The largest absolute Gasteiger partial charge is 0.385 e. The first kappa shape index (κ1) is 17.6.